The van der Waals surface area contributed by atoms with E-state index < -0.39 is 0 Å². The first kappa shape index (κ1) is 16.3. The van der Waals surface area contributed by atoms with Gasteiger partial charge in [0.15, 0.2) is 0 Å². The Morgan fingerprint density at radius 3 is 2.75 bits per heavy atom. The SMILES string of the molecule is N#Cc1c(SCC(=O)NCc2ccccc2)[nH]c(=O)c2c1CCC2. The summed E-state index contributed by atoms with van der Waals surface area (Å²) in [5, 5.41) is 12.7. The third kappa shape index (κ3) is 3.52. The first-order valence-corrected chi connectivity index (χ1v) is 8.79. The number of pyridine rings is 1. The van der Waals surface area contributed by atoms with Gasteiger partial charge in [-0.2, -0.15) is 5.26 Å². The molecule has 0 fully saturated rings. The van der Waals surface area contributed by atoms with Gasteiger partial charge >= 0.3 is 0 Å². The minimum atomic E-state index is -0.131. The molecule has 5 nitrogen and oxygen atoms in total. The summed E-state index contributed by atoms with van der Waals surface area (Å²) in [5.41, 5.74) is 2.99. The van der Waals surface area contributed by atoms with Crippen LogP contribution in [0.3, 0.4) is 0 Å². The molecular formula is C18H17N3O2S. The van der Waals surface area contributed by atoms with Crippen molar-refractivity contribution in [1.29, 1.82) is 5.26 Å². The van der Waals surface area contributed by atoms with Crippen LogP contribution in [0.5, 0.6) is 0 Å². The van der Waals surface area contributed by atoms with Crippen LogP contribution in [-0.2, 0) is 24.2 Å². The van der Waals surface area contributed by atoms with Gasteiger partial charge in [0.2, 0.25) is 5.91 Å². The number of thioether (sulfide) groups is 1. The first-order chi connectivity index (χ1) is 11.7. The van der Waals surface area contributed by atoms with Gasteiger partial charge < -0.3 is 10.3 Å². The van der Waals surface area contributed by atoms with Gasteiger partial charge in [-0.15, -0.1) is 0 Å². The molecule has 122 valence electrons. The van der Waals surface area contributed by atoms with Crippen molar-refractivity contribution in [2.24, 2.45) is 0 Å². The number of amides is 1. The average molecular weight is 339 g/mol. The number of carbonyl (C=O) groups is 1. The number of hydrogen-bond donors (Lipinski definition) is 2. The van der Waals surface area contributed by atoms with Crippen molar-refractivity contribution in [1.82, 2.24) is 10.3 Å². The Labute approximate surface area is 144 Å². The Morgan fingerprint density at radius 1 is 1.25 bits per heavy atom. The van der Waals surface area contributed by atoms with E-state index in [0.717, 1.165) is 36.0 Å². The lowest BCUT2D eigenvalue weighted by atomic mass is 10.1. The Kier molecular flexibility index (Phi) is 5.02. The van der Waals surface area contributed by atoms with Crippen molar-refractivity contribution < 1.29 is 4.79 Å². The molecule has 1 aliphatic carbocycles. The molecule has 0 saturated heterocycles. The highest BCUT2D eigenvalue weighted by Crippen LogP contribution is 2.28. The number of H-pyrrole nitrogens is 1. The number of aromatic amines is 1. The smallest absolute Gasteiger partial charge is 0.252 e. The molecule has 0 bridgehead atoms. The number of carbonyl (C=O) groups excluding carboxylic acids is 1. The number of fused-ring (bicyclic) bond motifs is 1. The van der Waals surface area contributed by atoms with Crippen molar-refractivity contribution >= 4 is 17.7 Å². The maximum Gasteiger partial charge on any atom is 0.252 e. The van der Waals surface area contributed by atoms with E-state index in [1.807, 2.05) is 30.3 Å². The van der Waals surface area contributed by atoms with Crippen LogP contribution in [-0.4, -0.2) is 16.6 Å². The maximum atomic E-state index is 12.1. The van der Waals surface area contributed by atoms with Crippen molar-refractivity contribution in [3.63, 3.8) is 0 Å². The summed E-state index contributed by atoms with van der Waals surface area (Å²) >= 11 is 1.20. The van der Waals surface area contributed by atoms with Gasteiger partial charge in [-0.3, -0.25) is 9.59 Å². The molecule has 0 atom stereocenters. The molecule has 3 rings (SSSR count). The topological polar surface area (TPSA) is 85.8 Å². The van der Waals surface area contributed by atoms with Crippen LogP contribution in [0.2, 0.25) is 0 Å². The van der Waals surface area contributed by atoms with E-state index in [2.05, 4.69) is 16.4 Å². The van der Waals surface area contributed by atoms with E-state index in [0.29, 0.717) is 17.1 Å². The standard InChI is InChI=1S/C18H17N3O2S/c19-9-15-13-7-4-8-14(13)17(23)21-18(15)24-11-16(22)20-10-12-5-2-1-3-6-12/h1-3,5-6H,4,7-8,10-11H2,(H,20,22)(H,21,23). The number of nitriles is 1. The monoisotopic (exact) mass is 339 g/mol. The van der Waals surface area contributed by atoms with Gasteiger partial charge in [0, 0.05) is 12.1 Å². The van der Waals surface area contributed by atoms with Gasteiger partial charge in [-0.05, 0) is 30.4 Å². The molecule has 0 spiro atoms. The second-order valence-electron chi connectivity index (χ2n) is 5.63. The Bertz CT molecular complexity index is 853. The normalized spacial score (nSPS) is 12.5. The van der Waals surface area contributed by atoms with Crippen LogP contribution in [0, 0.1) is 11.3 Å². The van der Waals surface area contributed by atoms with Gasteiger partial charge in [0.05, 0.1) is 16.3 Å². The van der Waals surface area contributed by atoms with Crippen molar-refractivity contribution in [2.45, 2.75) is 30.8 Å². The fourth-order valence-electron chi connectivity index (χ4n) is 2.86. The molecule has 0 aliphatic heterocycles. The molecule has 2 aromatic rings. The highest BCUT2D eigenvalue weighted by molar-refractivity contribution is 8.00. The number of benzene rings is 1. The molecule has 0 radical (unpaired) electrons. The molecule has 1 amide bonds. The second kappa shape index (κ2) is 7.37. The average Bonchev–Trinajstić information content (AvgIpc) is 3.09. The number of rotatable bonds is 5. The minimum Gasteiger partial charge on any atom is -0.351 e. The number of aromatic nitrogens is 1. The van der Waals surface area contributed by atoms with E-state index in [-0.39, 0.29) is 17.2 Å². The van der Waals surface area contributed by atoms with Crippen molar-refractivity contribution in [3.8, 4) is 6.07 Å². The molecule has 6 heteroatoms. The predicted molar refractivity (Wildman–Crippen MR) is 92.8 cm³/mol. The van der Waals surface area contributed by atoms with Crippen LogP contribution in [0.15, 0.2) is 40.2 Å². The van der Waals surface area contributed by atoms with Crippen LogP contribution in [0.25, 0.3) is 0 Å². The number of nitrogens with one attached hydrogen (secondary N) is 2. The van der Waals surface area contributed by atoms with Crippen LogP contribution in [0.4, 0.5) is 0 Å². The quantitative estimate of drug-likeness (QED) is 0.817. The van der Waals surface area contributed by atoms with Gasteiger partial charge in [0.1, 0.15) is 6.07 Å². The summed E-state index contributed by atoms with van der Waals surface area (Å²) in [7, 11) is 0. The summed E-state index contributed by atoms with van der Waals surface area (Å²) in [4.78, 5) is 26.8. The predicted octanol–water partition coefficient (Wildman–Crippen LogP) is 2.14. The second-order valence-corrected chi connectivity index (χ2v) is 6.62. The molecular weight excluding hydrogens is 322 g/mol. The summed E-state index contributed by atoms with van der Waals surface area (Å²) in [6.45, 7) is 0.464. The minimum absolute atomic E-state index is 0.130. The molecule has 0 saturated carbocycles. The molecule has 1 heterocycles. The molecule has 2 N–H and O–H groups in total. The first-order valence-electron chi connectivity index (χ1n) is 7.80. The number of hydrogen-bond acceptors (Lipinski definition) is 4. The summed E-state index contributed by atoms with van der Waals surface area (Å²) in [6, 6.07) is 11.8. The van der Waals surface area contributed by atoms with Gasteiger partial charge in [-0.1, -0.05) is 42.1 Å². The van der Waals surface area contributed by atoms with Crippen LogP contribution < -0.4 is 10.9 Å². The van der Waals surface area contributed by atoms with E-state index in [9.17, 15) is 14.9 Å². The number of nitrogens with zero attached hydrogens (tertiary/aromatic N) is 1. The highest BCUT2D eigenvalue weighted by Gasteiger charge is 2.22. The Morgan fingerprint density at radius 2 is 2.00 bits per heavy atom. The Balaban J connectivity index is 1.65. The molecule has 0 unspecified atom stereocenters. The van der Waals surface area contributed by atoms with E-state index in [4.69, 9.17) is 0 Å². The summed E-state index contributed by atoms with van der Waals surface area (Å²) in [6.07, 6.45) is 2.39. The van der Waals surface area contributed by atoms with Crippen LogP contribution in [0.1, 0.15) is 28.7 Å². The maximum absolute atomic E-state index is 12.1. The lowest BCUT2D eigenvalue weighted by Crippen LogP contribution is -2.25. The largest absolute Gasteiger partial charge is 0.351 e. The van der Waals surface area contributed by atoms with Crippen LogP contribution >= 0.6 is 11.8 Å². The third-order valence-corrected chi connectivity index (χ3v) is 5.04. The van der Waals surface area contributed by atoms with Gasteiger partial charge in [0.25, 0.3) is 5.56 Å². The zero-order valence-electron chi connectivity index (χ0n) is 13.1. The summed E-state index contributed by atoms with van der Waals surface area (Å²) < 4.78 is 0. The Hall–Kier alpha value is -2.52. The molecule has 1 aromatic heterocycles. The fraction of sp³-hybridized carbons (Fsp3) is 0.278. The lowest BCUT2D eigenvalue weighted by Gasteiger charge is -2.09. The van der Waals surface area contributed by atoms with E-state index in [1.54, 1.807) is 0 Å². The highest BCUT2D eigenvalue weighted by atomic mass is 32.2. The molecule has 24 heavy (non-hydrogen) atoms. The lowest BCUT2D eigenvalue weighted by molar-refractivity contribution is -0.118. The molecule has 1 aromatic carbocycles. The zero-order valence-corrected chi connectivity index (χ0v) is 13.9. The third-order valence-electron chi connectivity index (χ3n) is 4.04. The van der Waals surface area contributed by atoms with Crippen molar-refractivity contribution in [2.75, 3.05) is 5.75 Å². The fourth-order valence-corrected chi connectivity index (χ4v) is 3.72. The van der Waals surface area contributed by atoms with E-state index in [1.165, 1.54) is 11.8 Å². The van der Waals surface area contributed by atoms with Gasteiger partial charge in [-0.25, -0.2) is 0 Å². The van der Waals surface area contributed by atoms with E-state index >= 15 is 0 Å². The zero-order chi connectivity index (χ0) is 16.9. The summed E-state index contributed by atoms with van der Waals surface area (Å²) in [5.74, 6) is 0.0325. The van der Waals surface area contributed by atoms with Crippen molar-refractivity contribution in [3.05, 3.63) is 62.9 Å². The molecule has 1 aliphatic rings.